The monoisotopic (exact) mass is 518 g/mol. The molecule has 1 atom stereocenters. The number of imide groups is 1. The van der Waals surface area contributed by atoms with E-state index in [9.17, 15) is 32.9 Å². The van der Waals surface area contributed by atoms with E-state index >= 15 is 0 Å². The van der Waals surface area contributed by atoms with Gasteiger partial charge in [0.1, 0.15) is 17.0 Å². The standard InChI is InChI=1S/C25H25F3N4O5/c1-29(22-19(32(35)36)8-9-20(37-16-6-7-16)21(22)25(26,27)28)12-13-30-11-10-15(14-30)31-23(33)17-4-2-3-5-18(17)24(31)34/h2-5,8-9,15-16H,6-7,10-14H2,1H3/t15-/m1/s1. The molecule has 3 aliphatic rings. The van der Waals surface area contributed by atoms with E-state index in [1.54, 1.807) is 24.3 Å². The second-order valence-electron chi connectivity index (χ2n) is 9.57. The first-order valence-corrected chi connectivity index (χ1v) is 12.0. The van der Waals surface area contributed by atoms with Crippen LogP contribution in [0.4, 0.5) is 24.5 Å². The molecular formula is C25H25F3N4O5. The highest BCUT2D eigenvalue weighted by molar-refractivity contribution is 6.21. The molecule has 5 rings (SSSR count). The molecule has 0 radical (unpaired) electrons. The minimum Gasteiger partial charge on any atom is -0.490 e. The van der Waals surface area contributed by atoms with Crippen LogP contribution in [0.2, 0.25) is 0 Å². The number of nitrogens with zero attached hydrogens (tertiary/aromatic N) is 4. The molecule has 1 aliphatic carbocycles. The number of carbonyl (C=O) groups is 2. The summed E-state index contributed by atoms with van der Waals surface area (Å²) in [6.07, 6.45) is -3.35. The summed E-state index contributed by atoms with van der Waals surface area (Å²) in [6.45, 7) is 1.26. The Labute approximate surface area is 210 Å². The fraction of sp³-hybridized carbons (Fsp3) is 0.440. The largest absolute Gasteiger partial charge is 0.490 e. The first kappa shape index (κ1) is 25.0. The molecule has 37 heavy (non-hydrogen) atoms. The zero-order chi connectivity index (χ0) is 26.5. The summed E-state index contributed by atoms with van der Waals surface area (Å²) >= 11 is 0. The van der Waals surface area contributed by atoms with Crippen LogP contribution in [-0.2, 0) is 6.18 Å². The molecule has 2 aromatic rings. The van der Waals surface area contributed by atoms with Crippen LogP contribution in [0, 0.1) is 10.1 Å². The lowest BCUT2D eigenvalue weighted by molar-refractivity contribution is -0.384. The third kappa shape index (κ3) is 4.73. The Kier molecular flexibility index (Phi) is 6.30. The number of ether oxygens (including phenoxy) is 1. The van der Waals surface area contributed by atoms with Crippen molar-refractivity contribution >= 4 is 23.2 Å². The molecule has 2 heterocycles. The summed E-state index contributed by atoms with van der Waals surface area (Å²) in [6, 6.07) is 8.34. The molecule has 2 fully saturated rings. The summed E-state index contributed by atoms with van der Waals surface area (Å²) in [5.41, 5.74) is -1.60. The molecule has 0 unspecified atom stereocenters. The number of amides is 2. The van der Waals surface area contributed by atoms with Crippen molar-refractivity contribution in [3.8, 4) is 5.75 Å². The number of likely N-dealkylation sites (tertiary alicyclic amines) is 1. The van der Waals surface area contributed by atoms with Gasteiger partial charge in [-0.2, -0.15) is 13.2 Å². The second kappa shape index (κ2) is 9.33. The van der Waals surface area contributed by atoms with Crippen molar-refractivity contribution in [2.24, 2.45) is 0 Å². The van der Waals surface area contributed by atoms with Crippen molar-refractivity contribution in [3.63, 3.8) is 0 Å². The molecule has 196 valence electrons. The number of alkyl halides is 3. The van der Waals surface area contributed by atoms with Gasteiger partial charge in [0.25, 0.3) is 17.5 Å². The van der Waals surface area contributed by atoms with Crippen LogP contribution in [0.25, 0.3) is 0 Å². The number of carbonyl (C=O) groups excluding carboxylic acids is 2. The van der Waals surface area contributed by atoms with Crippen LogP contribution >= 0.6 is 0 Å². The number of nitro benzene ring substituents is 1. The van der Waals surface area contributed by atoms with E-state index in [1.165, 1.54) is 16.8 Å². The number of nitro groups is 1. The lowest BCUT2D eigenvalue weighted by Gasteiger charge is -2.27. The van der Waals surface area contributed by atoms with Crippen molar-refractivity contribution in [3.05, 3.63) is 63.2 Å². The molecule has 1 saturated carbocycles. The number of halogens is 3. The van der Waals surface area contributed by atoms with Crippen LogP contribution in [0.1, 0.15) is 45.5 Å². The molecule has 2 amide bonds. The van der Waals surface area contributed by atoms with Gasteiger partial charge in [-0.05, 0) is 37.5 Å². The number of benzene rings is 2. The Hall–Kier alpha value is -3.67. The van der Waals surface area contributed by atoms with Crippen molar-refractivity contribution < 1.29 is 32.4 Å². The van der Waals surface area contributed by atoms with E-state index in [0.717, 1.165) is 12.1 Å². The molecule has 12 heteroatoms. The maximum absolute atomic E-state index is 14.1. The van der Waals surface area contributed by atoms with E-state index in [4.69, 9.17) is 4.74 Å². The highest BCUT2D eigenvalue weighted by Crippen LogP contribution is 2.48. The van der Waals surface area contributed by atoms with Crippen molar-refractivity contribution in [1.82, 2.24) is 9.80 Å². The first-order valence-electron chi connectivity index (χ1n) is 12.0. The van der Waals surface area contributed by atoms with Gasteiger partial charge in [0.2, 0.25) is 0 Å². The number of likely N-dealkylation sites (N-methyl/N-ethyl adjacent to an activating group) is 1. The van der Waals surface area contributed by atoms with Crippen LogP contribution in [-0.4, -0.2) is 71.9 Å². The Morgan fingerprint density at radius 1 is 1.08 bits per heavy atom. The summed E-state index contributed by atoms with van der Waals surface area (Å²) in [5.74, 6) is -1.10. The van der Waals surface area contributed by atoms with Gasteiger partial charge >= 0.3 is 6.18 Å². The minimum absolute atomic E-state index is 0.0612. The number of anilines is 1. The van der Waals surface area contributed by atoms with E-state index in [-0.39, 0.29) is 30.5 Å². The van der Waals surface area contributed by atoms with Gasteiger partial charge < -0.3 is 9.64 Å². The lowest BCUT2D eigenvalue weighted by atomic mass is 10.1. The van der Waals surface area contributed by atoms with E-state index in [1.807, 2.05) is 4.90 Å². The first-order chi connectivity index (χ1) is 17.6. The highest BCUT2D eigenvalue weighted by Gasteiger charge is 2.44. The lowest BCUT2D eigenvalue weighted by Crippen LogP contribution is -2.42. The Morgan fingerprint density at radius 2 is 1.73 bits per heavy atom. The normalized spacial score (nSPS) is 19.9. The SMILES string of the molecule is CN(CCN1CC[C@@H](N2C(=O)c3ccccc3C2=O)C1)c1c([N+](=O)[O-])ccc(OC2CC2)c1C(F)(F)F. The van der Waals surface area contributed by atoms with Crippen LogP contribution in [0.3, 0.4) is 0 Å². The van der Waals surface area contributed by atoms with Crippen molar-refractivity contribution in [2.45, 2.75) is 37.6 Å². The third-order valence-corrected chi connectivity index (χ3v) is 6.99. The van der Waals surface area contributed by atoms with Gasteiger partial charge in [-0.15, -0.1) is 0 Å². The summed E-state index contributed by atoms with van der Waals surface area (Å²) < 4.78 is 47.8. The summed E-state index contributed by atoms with van der Waals surface area (Å²) in [7, 11) is 1.39. The predicted octanol–water partition coefficient (Wildman–Crippen LogP) is 3.96. The van der Waals surface area contributed by atoms with E-state index in [0.29, 0.717) is 50.0 Å². The number of rotatable bonds is 8. The van der Waals surface area contributed by atoms with E-state index < -0.39 is 33.8 Å². The summed E-state index contributed by atoms with van der Waals surface area (Å²) in [5, 5.41) is 11.6. The van der Waals surface area contributed by atoms with Crippen molar-refractivity contribution in [2.75, 3.05) is 38.1 Å². The minimum atomic E-state index is -4.86. The number of hydrogen-bond donors (Lipinski definition) is 0. The highest BCUT2D eigenvalue weighted by atomic mass is 19.4. The van der Waals surface area contributed by atoms with Gasteiger partial charge in [0, 0.05) is 39.3 Å². The topological polar surface area (TPSA) is 96.2 Å². The van der Waals surface area contributed by atoms with Gasteiger partial charge in [-0.3, -0.25) is 29.5 Å². The summed E-state index contributed by atoms with van der Waals surface area (Å²) in [4.78, 5) is 40.8. The maximum Gasteiger partial charge on any atom is 0.422 e. The molecule has 0 bridgehead atoms. The molecule has 0 spiro atoms. The quantitative estimate of drug-likeness (QED) is 0.297. The van der Waals surface area contributed by atoms with Gasteiger partial charge in [-0.25, -0.2) is 0 Å². The molecule has 2 aliphatic heterocycles. The zero-order valence-corrected chi connectivity index (χ0v) is 20.0. The fourth-order valence-electron chi connectivity index (χ4n) is 5.00. The van der Waals surface area contributed by atoms with Gasteiger partial charge in [0.15, 0.2) is 0 Å². The van der Waals surface area contributed by atoms with Gasteiger partial charge in [0.05, 0.1) is 28.2 Å². The molecule has 0 N–H and O–H groups in total. The molecule has 0 aromatic heterocycles. The molecule has 9 nitrogen and oxygen atoms in total. The molecular weight excluding hydrogens is 493 g/mol. The second-order valence-corrected chi connectivity index (χ2v) is 9.57. The third-order valence-electron chi connectivity index (χ3n) is 6.99. The zero-order valence-electron chi connectivity index (χ0n) is 20.0. The maximum atomic E-state index is 14.1. The van der Waals surface area contributed by atoms with Gasteiger partial charge in [-0.1, -0.05) is 12.1 Å². The average Bonchev–Trinajstić information content (AvgIpc) is 3.48. The Bertz CT molecular complexity index is 1230. The number of hydrogen-bond acceptors (Lipinski definition) is 7. The van der Waals surface area contributed by atoms with E-state index in [2.05, 4.69) is 0 Å². The predicted molar refractivity (Wildman–Crippen MR) is 127 cm³/mol. The van der Waals surface area contributed by atoms with Crippen LogP contribution in [0.15, 0.2) is 36.4 Å². The molecule has 1 saturated heterocycles. The molecule has 2 aromatic carbocycles. The fourth-order valence-corrected chi connectivity index (χ4v) is 5.00. The number of fused-ring (bicyclic) bond motifs is 1. The van der Waals surface area contributed by atoms with Crippen molar-refractivity contribution in [1.29, 1.82) is 0 Å². The Balaban J connectivity index is 1.31. The van der Waals surface area contributed by atoms with Crippen LogP contribution < -0.4 is 9.64 Å². The Morgan fingerprint density at radius 3 is 2.30 bits per heavy atom. The smallest absolute Gasteiger partial charge is 0.422 e. The average molecular weight is 518 g/mol. The van der Waals surface area contributed by atoms with Crippen LogP contribution in [0.5, 0.6) is 5.75 Å².